The number of aryl methyl sites for hydroxylation is 1. The van der Waals surface area contributed by atoms with Crippen molar-refractivity contribution < 1.29 is 9.26 Å². The zero-order chi connectivity index (χ0) is 14.2. The van der Waals surface area contributed by atoms with E-state index in [-0.39, 0.29) is 0 Å². The maximum atomic E-state index is 5.72. The fourth-order valence-corrected chi connectivity index (χ4v) is 2.31. The second kappa shape index (κ2) is 4.62. The third-order valence-corrected chi connectivity index (χ3v) is 3.28. The van der Waals surface area contributed by atoms with E-state index < -0.39 is 0 Å². The Hall–Kier alpha value is -2.83. The predicted molar refractivity (Wildman–Crippen MR) is 75.9 cm³/mol. The lowest BCUT2D eigenvalue weighted by Crippen LogP contribution is -2.18. The summed E-state index contributed by atoms with van der Waals surface area (Å²) in [4.78, 5) is 4.41. The van der Waals surface area contributed by atoms with Gasteiger partial charge in [0.1, 0.15) is 12.3 Å². The third-order valence-electron chi connectivity index (χ3n) is 3.28. The van der Waals surface area contributed by atoms with Gasteiger partial charge in [-0.3, -0.25) is 4.68 Å². The number of anilines is 1. The first kappa shape index (κ1) is 12.0. The third kappa shape index (κ3) is 2.03. The van der Waals surface area contributed by atoms with E-state index in [2.05, 4.69) is 20.6 Å². The van der Waals surface area contributed by atoms with Gasteiger partial charge in [0.15, 0.2) is 5.75 Å². The van der Waals surface area contributed by atoms with Crippen LogP contribution in [0.15, 0.2) is 35.0 Å². The van der Waals surface area contributed by atoms with Gasteiger partial charge in [0.25, 0.3) is 5.89 Å². The Kier molecular flexibility index (Phi) is 2.63. The van der Waals surface area contributed by atoms with Crippen LogP contribution in [0, 0.1) is 0 Å². The minimum absolute atomic E-state index is 0.427. The van der Waals surface area contributed by atoms with Crippen molar-refractivity contribution >= 4 is 5.69 Å². The number of nitrogens with zero attached hydrogens (tertiary/aromatic N) is 4. The maximum absolute atomic E-state index is 5.72. The predicted octanol–water partition coefficient (Wildman–Crippen LogP) is 1.94. The van der Waals surface area contributed by atoms with Crippen LogP contribution in [0.2, 0.25) is 0 Å². The molecule has 21 heavy (non-hydrogen) atoms. The van der Waals surface area contributed by atoms with Crippen LogP contribution < -0.4 is 10.1 Å². The molecule has 1 aromatic carbocycles. The van der Waals surface area contributed by atoms with E-state index in [0.717, 1.165) is 23.5 Å². The molecular weight excluding hydrogens is 270 g/mol. The van der Waals surface area contributed by atoms with Crippen molar-refractivity contribution in [1.82, 2.24) is 19.9 Å². The number of aromatic nitrogens is 4. The van der Waals surface area contributed by atoms with Crippen molar-refractivity contribution in [2.75, 3.05) is 18.5 Å². The first-order valence-electron chi connectivity index (χ1n) is 6.65. The van der Waals surface area contributed by atoms with Crippen LogP contribution in [0.5, 0.6) is 5.75 Å². The fourth-order valence-electron chi connectivity index (χ4n) is 2.31. The molecule has 0 fully saturated rings. The van der Waals surface area contributed by atoms with Crippen molar-refractivity contribution in [2.45, 2.75) is 0 Å². The summed E-state index contributed by atoms with van der Waals surface area (Å²) in [7, 11) is 1.84. The molecule has 0 bridgehead atoms. The topological polar surface area (TPSA) is 78.0 Å². The Morgan fingerprint density at radius 2 is 2.24 bits per heavy atom. The second-order valence-electron chi connectivity index (χ2n) is 4.76. The molecule has 4 rings (SSSR count). The van der Waals surface area contributed by atoms with Gasteiger partial charge in [0.2, 0.25) is 5.82 Å². The fraction of sp³-hybridized carbons (Fsp3) is 0.214. The molecule has 0 saturated heterocycles. The van der Waals surface area contributed by atoms with Crippen molar-refractivity contribution in [2.24, 2.45) is 7.05 Å². The van der Waals surface area contributed by atoms with E-state index in [1.54, 1.807) is 4.68 Å². The van der Waals surface area contributed by atoms with Gasteiger partial charge in [-0.15, -0.1) is 0 Å². The van der Waals surface area contributed by atoms with Gasteiger partial charge in [-0.25, -0.2) is 0 Å². The van der Waals surface area contributed by atoms with Crippen LogP contribution in [-0.2, 0) is 7.05 Å². The highest BCUT2D eigenvalue weighted by Crippen LogP contribution is 2.37. The quantitative estimate of drug-likeness (QED) is 0.774. The molecule has 0 radical (unpaired) electrons. The molecule has 0 unspecified atom stereocenters. The standard InChI is InChI=1S/C14H13N5O2/c1-19-7-5-11(17-19)13-16-14(21-18-13)9-3-2-4-10-12(9)20-8-6-15-10/h2-5,7,15H,6,8H2,1H3. The smallest absolute Gasteiger partial charge is 0.262 e. The van der Waals surface area contributed by atoms with E-state index in [0.29, 0.717) is 24.0 Å². The molecule has 2 aromatic heterocycles. The van der Waals surface area contributed by atoms with E-state index in [4.69, 9.17) is 9.26 Å². The number of benzene rings is 1. The van der Waals surface area contributed by atoms with Gasteiger partial charge in [-0.05, 0) is 18.2 Å². The Balaban J connectivity index is 1.76. The number of fused-ring (bicyclic) bond motifs is 1. The van der Waals surface area contributed by atoms with Crippen molar-refractivity contribution in [3.63, 3.8) is 0 Å². The first-order valence-corrected chi connectivity index (χ1v) is 6.65. The highest BCUT2D eigenvalue weighted by molar-refractivity contribution is 5.75. The van der Waals surface area contributed by atoms with Gasteiger partial charge in [0, 0.05) is 19.8 Å². The monoisotopic (exact) mass is 283 g/mol. The summed E-state index contributed by atoms with van der Waals surface area (Å²) >= 11 is 0. The summed E-state index contributed by atoms with van der Waals surface area (Å²) in [6, 6.07) is 7.64. The van der Waals surface area contributed by atoms with Crippen LogP contribution in [0.25, 0.3) is 23.0 Å². The zero-order valence-electron chi connectivity index (χ0n) is 11.4. The van der Waals surface area contributed by atoms with Crippen LogP contribution in [-0.4, -0.2) is 33.1 Å². The Morgan fingerprint density at radius 3 is 3.10 bits per heavy atom. The normalized spacial score (nSPS) is 13.4. The lowest BCUT2D eigenvalue weighted by Gasteiger charge is -2.20. The average Bonchev–Trinajstić information content (AvgIpc) is 3.15. The highest BCUT2D eigenvalue weighted by atomic mass is 16.5. The van der Waals surface area contributed by atoms with Crippen LogP contribution in [0.3, 0.4) is 0 Å². The summed E-state index contributed by atoms with van der Waals surface area (Å²) in [6.45, 7) is 1.41. The number of para-hydroxylation sites is 1. The lowest BCUT2D eigenvalue weighted by molar-refractivity contribution is 0.322. The van der Waals surface area contributed by atoms with Gasteiger partial charge < -0.3 is 14.6 Å². The van der Waals surface area contributed by atoms with Crippen molar-refractivity contribution in [3.05, 3.63) is 30.5 Å². The number of ether oxygens (including phenoxy) is 1. The van der Waals surface area contributed by atoms with Gasteiger partial charge in [0.05, 0.1) is 11.3 Å². The molecule has 1 N–H and O–H groups in total. The van der Waals surface area contributed by atoms with Crippen LogP contribution >= 0.6 is 0 Å². The summed E-state index contributed by atoms with van der Waals surface area (Å²) < 4.78 is 12.8. The van der Waals surface area contributed by atoms with E-state index in [1.807, 2.05) is 37.5 Å². The molecule has 0 saturated carbocycles. The molecule has 1 aliphatic heterocycles. The molecule has 0 aliphatic carbocycles. The molecule has 0 amide bonds. The van der Waals surface area contributed by atoms with E-state index >= 15 is 0 Å². The average molecular weight is 283 g/mol. The molecule has 7 heteroatoms. The van der Waals surface area contributed by atoms with Gasteiger partial charge >= 0.3 is 0 Å². The maximum Gasteiger partial charge on any atom is 0.262 e. The summed E-state index contributed by atoms with van der Waals surface area (Å²) in [6.07, 6.45) is 1.84. The largest absolute Gasteiger partial charge is 0.489 e. The molecular formula is C14H13N5O2. The summed E-state index contributed by atoms with van der Waals surface area (Å²) in [5.41, 5.74) is 2.40. The van der Waals surface area contributed by atoms with Crippen LogP contribution in [0.1, 0.15) is 0 Å². The Morgan fingerprint density at radius 1 is 1.29 bits per heavy atom. The lowest BCUT2D eigenvalue weighted by atomic mass is 10.1. The highest BCUT2D eigenvalue weighted by Gasteiger charge is 2.20. The SMILES string of the molecule is Cn1ccc(-c2noc(-c3cccc4c3OCCN4)n2)n1. The summed E-state index contributed by atoms with van der Waals surface area (Å²) in [5.74, 6) is 1.64. The molecule has 3 heterocycles. The van der Waals surface area contributed by atoms with E-state index in [9.17, 15) is 0 Å². The number of hydrogen-bond acceptors (Lipinski definition) is 6. The van der Waals surface area contributed by atoms with Crippen molar-refractivity contribution in [1.29, 1.82) is 0 Å². The zero-order valence-corrected chi connectivity index (χ0v) is 11.4. The minimum Gasteiger partial charge on any atom is -0.489 e. The van der Waals surface area contributed by atoms with Gasteiger partial charge in [-0.2, -0.15) is 10.1 Å². The van der Waals surface area contributed by atoms with Crippen LogP contribution in [0.4, 0.5) is 5.69 Å². The Bertz CT molecular complexity index is 792. The number of nitrogens with one attached hydrogen (secondary N) is 1. The molecule has 7 nitrogen and oxygen atoms in total. The number of hydrogen-bond donors (Lipinski definition) is 1. The molecule has 1 aliphatic rings. The molecule has 3 aromatic rings. The van der Waals surface area contributed by atoms with Crippen molar-refractivity contribution in [3.8, 4) is 28.7 Å². The molecule has 106 valence electrons. The van der Waals surface area contributed by atoms with Gasteiger partial charge in [-0.1, -0.05) is 11.2 Å². The molecule has 0 spiro atoms. The Labute approximate surface area is 120 Å². The number of rotatable bonds is 2. The molecule has 0 atom stereocenters. The first-order chi connectivity index (χ1) is 10.3. The summed E-state index contributed by atoms with van der Waals surface area (Å²) in [5, 5.41) is 11.5. The second-order valence-corrected chi connectivity index (χ2v) is 4.76. The van der Waals surface area contributed by atoms with E-state index in [1.165, 1.54) is 0 Å². The minimum atomic E-state index is 0.427.